The third-order valence-corrected chi connectivity index (χ3v) is 4.87. The highest BCUT2D eigenvalue weighted by Gasteiger charge is 2.36. The largest absolute Gasteiger partial charge is 0.370 e. The van der Waals surface area contributed by atoms with Crippen LogP contribution in [0, 0.1) is 0 Å². The predicted octanol–water partition coefficient (Wildman–Crippen LogP) is 7.04. The van der Waals surface area contributed by atoms with E-state index in [1.165, 1.54) is 103 Å². The second kappa shape index (κ2) is 13.6. The molecule has 0 aromatic carbocycles. The molecule has 0 spiro atoms. The number of hydrogen-bond acceptors (Lipinski definition) is 1. The summed E-state index contributed by atoms with van der Waals surface area (Å²) in [7, 11) is 0. The van der Waals surface area contributed by atoms with Crippen LogP contribution in [0.3, 0.4) is 0 Å². The first-order valence-electron chi connectivity index (χ1n) is 10.0. The van der Waals surface area contributed by atoms with Gasteiger partial charge in [0.15, 0.2) is 0 Å². The van der Waals surface area contributed by atoms with E-state index in [-0.39, 0.29) is 0 Å². The number of hydrogen-bond donors (Lipinski definition) is 0. The van der Waals surface area contributed by atoms with Gasteiger partial charge in [-0.25, -0.2) is 0 Å². The highest BCUT2D eigenvalue weighted by Crippen LogP contribution is 2.31. The molecule has 1 aliphatic rings. The fourth-order valence-electron chi connectivity index (χ4n) is 3.29. The fourth-order valence-corrected chi connectivity index (χ4v) is 3.29. The van der Waals surface area contributed by atoms with E-state index in [2.05, 4.69) is 13.8 Å². The van der Waals surface area contributed by atoms with Crippen molar-refractivity contribution in [2.45, 2.75) is 129 Å². The van der Waals surface area contributed by atoms with Gasteiger partial charge >= 0.3 is 0 Å². The van der Waals surface area contributed by atoms with Crippen LogP contribution in [0.4, 0.5) is 0 Å². The lowest BCUT2D eigenvalue weighted by Crippen LogP contribution is -1.94. The fraction of sp³-hybridized carbons (Fsp3) is 1.00. The van der Waals surface area contributed by atoms with Crippen molar-refractivity contribution in [1.29, 1.82) is 0 Å². The Morgan fingerprint density at radius 2 is 0.810 bits per heavy atom. The SMILES string of the molecule is CCCCCCCCCCCCC[C@H]1O[C@H]1CCCCC. The normalized spacial score (nSPS) is 20.9. The molecule has 2 atom stereocenters. The van der Waals surface area contributed by atoms with Crippen molar-refractivity contribution in [2.24, 2.45) is 0 Å². The van der Waals surface area contributed by atoms with Gasteiger partial charge in [-0.15, -0.1) is 0 Å². The van der Waals surface area contributed by atoms with Gasteiger partial charge in [0.05, 0.1) is 12.2 Å². The summed E-state index contributed by atoms with van der Waals surface area (Å²) in [5.41, 5.74) is 0. The maximum absolute atomic E-state index is 5.76. The molecule has 1 nitrogen and oxygen atoms in total. The van der Waals surface area contributed by atoms with Gasteiger partial charge in [0.1, 0.15) is 0 Å². The summed E-state index contributed by atoms with van der Waals surface area (Å²) in [6.07, 6.45) is 23.8. The minimum atomic E-state index is 0.639. The van der Waals surface area contributed by atoms with E-state index in [9.17, 15) is 0 Å². The van der Waals surface area contributed by atoms with Crippen LogP contribution in [-0.2, 0) is 4.74 Å². The molecule has 1 heterocycles. The van der Waals surface area contributed by atoms with E-state index in [1.54, 1.807) is 0 Å². The molecule has 0 saturated carbocycles. The summed E-state index contributed by atoms with van der Waals surface area (Å²) in [6, 6.07) is 0. The number of ether oxygens (including phenoxy) is 1. The van der Waals surface area contributed by atoms with Crippen LogP contribution in [0.25, 0.3) is 0 Å². The summed E-state index contributed by atoms with van der Waals surface area (Å²) in [6.45, 7) is 4.57. The first kappa shape index (κ1) is 19.0. The van der Waals surface area contributed by atoms with Crippen LogP contribution >= 0.6 is 0 Å². The first-order chi connectivity index (χ1) is 10.4. The molecule has 1 aliphatic heterocycles. The summed E-state index contributed by atoms with van der Waals surface area (Å²) in [5.74, 6) is 0. The molecule has 1 heteroatoms. The van der Waals surface area contributed by atoms with Crippen molar-refractivity contribution in [3.8, 4) is 0 Å². The molecule has 0 unspecified atom stereocenters. The van der Waals surface area contributed by atoms with Gasteiger partial charge in [-0.05, 0) is 12.8 Å². The average Bonchev–Trinajstić information content (AvgIpc) is 3.23. The van der Waals surface area contributed by atoms with Crippen LogP contribution < -0.4 is 0 Å². The van der Waals surface area contributed by atoms with Crippen LogP contribution in [0.2, 0.25) is 0 Å². The maximum atomic E-state index is 5.76. The molecular formula is C20H40O. The van der Waals surface area contributed by atoms with Crippen LogP contribution in [0.1, 0.15) is 117 Å². The Labute approximate surface area is 134 Å². The zero-order valence-electron chi connectivity index (χ0n) is 14.9. The smallest absolute Gasteiger partial charge is 0.0841 e. The molecule has 0 aromatic rings. The van der Waals surface area contributed by atoms with E-state index < -0.39 is 0 Å². The van der Waals surface area contributed by atoms with Crippen molar-refractivity contribution in [3.05, 3.63) is 0 Å². The molecule has 0 N–H and O–H groups in total. The first-order valence-corrected chi connectivity index (χ1v) is 10.0. The van der Waals surface area contributed by atoms with E-state index >= 15 is 0 Å². The van der Waals surface area contributed by atoms with Gasteiger partial charge in [-0.2, -0.15) is 0 Å². The molecule has 1 rings (SSSR count). The van der Waals surface area contributed by atoms with Crippen molar-refractivity contribution in [3.63, 3.8) is 0 Å². The summed E-state index contributed by atoms with van der Waals surface area (Å²) in [5, 5.41) is 0. The van der Waals surface area contributed by atoms with Crippen LogP contribution in [-0.4, -0.2) is 12.2 Å². The van der Waals surface area contributed by atoms with E-state index in [0.29, 0.717) is 12.2 Å². The maximum Gasteiger partial charge on any atom is 0.0841 e. The zero-order chi connectivity index (χ0) is 15.2. The van der Waals surface area contributed by atoms with Crippen LogP contribution in [0.15, 0.2) is 0 Å². The summed E-state index contributed by atoms with van der Waals surface area (Å²) >= 11 is 0. The molecule has 0 radical (unpaired) electrons. The second-order valence-electron chi connectivity index (χ2n) is 7.03. The monoisotopic (exact) mass is 296 g/mol. The summed E-state index contributed by atoms with van der Waals surface area (Å²) < 4.78 is 5.76. The standard InChI is InChI=1S/C20H40O/c1-3-5-7-8-9-10-11-12-13-14-16-18-20-19(21-20)17-15-6-4-2/h19-20H,3-18H2,1-2H3/t19-,20+/m0/s1. The van der Waals surface area contributed by atoms with Gasteiger partial charge < -0.3 is 4.74 Å². The Balaban J connectivity index is 1.70. The van der Waals surface area contributed by atoms with Gasteiger partial charge in [0.25, 0.3) is 0 Å². The van der Waals surface area contributed by atoms with Gasteiger partial charge in [0.2, 0.25) is 0 Å². The molecule has 0 aliphatic carbocycles. The van der Waals surface area contributed by atoms with E-state index in [1.807, 2.05) is 0 Å². The topological polar surface area (TPSA) is 12.5 Å². The Hall–Kier alpha value is -0.0400. The lowest BCUT2D eigenvalue weighted by molar-refractivity contribution is 0.348. The number of epoxide rings is 1. The molecule has 0 amide bonds. The molecule has 1 saturated heterocycles. The molecule has 126 valence electrons. The van der Waals surface area contributed by atoms with Crippen molar-refractivity contribution < 1.29 is 4.74 Å². The summed E-state index contributed by atoms with van der Waals surface area (Å²) in [4.78, 5) is 0. The molecular weight excluding hydrogens is 256 g/mol. The van der Waals surface area contributed by atoms with Crippen molar-refractivity contribution in [2.75, 3.05) is 0 Å². The highest BCUT2D eigenvalue weighted by atomic mass is 16.6. The Bertz CT molecular complexity index is 214. The highest BCUT2D eigenvalue weighted by molar-refractivity contribution is 4.84. The van der Waals surface area contributed by atoms with Gasteiger partial charge in [0, 0.05) is 0 Å². The molecule has 0 bridgehead atoms. The zero-order valence-corrected chi connectivity index (χ0v) is 14.9. The number of unbranched alkanes of at least 4 members (excludes halogenated alkanes) is 12. The Morgan fingerprint density at radius 3 is 1.29 bits per heavy atom. The predicted molar refractivity (Wildman–Crippen MR) is 93.9 cm³/mol. The Kier molecular flexibility index (Phi) is 12.3. The average molecular weight is 297 g/mol. The third kappa shape index (κ3) is 11.2. The van der Waals surface area contributed by atoms with Gasteiger partial charge in [-0.1, -0.05) is 104 Å². The van der Waals surface area contributed by atoms with E-state index in [0.717, 1.165) is 0 Å². The van der Waals surface area contributed by atoms with Crippen molar-refractivity contribution in [1.82, 2.24) is 0 Å². The Morgan fingerprint density at radius 1 is 0.476 bits per heavy atom. The quantitative estimate of drug-likeness (QED) is 0.220. The third-order valence-electron chi connectivity index (χ3n) is 4.87. The van der Waals surface area contributed by atoms with Crippen molar-refractivity contribution >= 4 is 0 Å². The lowest BCUT2D eigenvalue weighted by Gasteiger charge is -2.02. The molecule has 1 fully saturated rings. The lowest BCUT2D eigenvalue weighted by atomic mass is 10.0. The minimum absolute atomic E-state index is 0.639. The number of rotatable bonds is 16. The molecule has 0 aromatic heterocycles. The van der Waals surface area contributed by atoms with Gasteiger partial charge in [-0.3, -0.25) is 0 Å². The minimum Gasteiger partial charge on any atom is -0.370 e. The molecule has 21 heavy (non-hydrogen) atoms. The van der Waals surface area contributed by atoms with Crippen LogP contribution in [0.5, 0.6) is 0 Å². The van der Waals surface area contributed by atoms with E-state index in [4.69, 9.17) is 4.74 Å². The second-order valence-corrected chi connectivity index (χ2v) is 7.03.